The molecule has 0 amide bonds. The molecule has 0 atom stereocenters. The fourth-order valence-corrected chi connectivity index (χ4v) is 2.50. The van der Waals surface area contributed by atoms with E-state index in [-0.39, 0.29) is 0 Å². The van der Waals surface area contributed by atoms with E-state index in [2.05, 4.69) is 55.9 Å². The van der Waals surface area contributed by atoms with Gasteiger partial charge in [0.2, 0.25) is 0 Å². The molecule has 0 fully saturated rings. The minimum atomic E-state index is 0.733. The van der Waals surface area contributed by atoms with Gasteiger partial charge in [-0.1, -0.05) is 33.6 Å². The summed E-state index contributed by atoms with van der Waals surface area (Å²) in [6.45, 7) is 14.0. The number of aryl methyl sites for hydroxylation is 1. The molecule has 1 aromatic heterocycles. The molecule has 0 saturated carbocycles. The number of hydrogen-bond donors (Lipinski definition) is 1. The maximum atomic E-state index is 4.77. The normalized spacial score (nSPS) is 11.0. The summed E-state index contributed by atoms with van der Waals surface area (Å²) in [6, 6.07) is 2.09. The summed E-state index contributed by atoms with van der Waals surface area (Å²) in [6.07, 6.45) is 4.46. The van der Waals surface area contributed by atoms with Crippen LogP contribution in [-0.2, 0) is 6.42 Å². The molecule has 0 aromatic carbocycles. The highest BCUT2D eigenvalue weighted by molar-refractivity contribution is 5.49. The van der Waals surface area contributed by atoms with E-state index in [4.69, 9.17) is 4.98 Å². The van der Waals surface area contributed by atoms with Crippen molar-refractivity contribution in [3.63, 3.8) is 0 Å². The van der Waals surface area contributed by atoms with Crippen LogP contribution < -0.4 is 10.2 Å². The Morgan fingerprint density at radius 3 is 2.33 bits per heavy atom. The van der Waals surface area contributed by atoms with Gasteiger partial charge in [-0.3, -0.25) is 0 Å². The summed E-state index contributed by atoms with van der Waals surface area (Å²) in [5, 5.41) is 3.33. The van der Waals surface area contributed by atoms with Crippen molar-refractivity contribution in [2.45, 2.75) is 60.3 Å². The lowest BCUT2D eigenvalue weighted by atomic mass is 10.0. The molecule has 1 rings (SSSR count). The average Bonchev–Trinajstić information content (AvgIpc) is 2.49. The summed E-state index contributed by atoms with van der Waals surface area (Å²) in [5.74, 6) is 3.71. The summed E-state index contributed by atoms with van der Waals surface area (Å²) in [4.78, 5) is 11.8. The molecule has 0 bridgehead atoms. The molecule has 0 aliphatic carbocycles. The van der Waals surface area contributed by atoms with Crippen molar-refractivity contribution >= 4 is 11.6 Å². The second kappa shape index (κ2) is 9.59. The van der Waals surface area contributed by atoms with Gasteiger partial charge in [-0.2, -0.15) is 0 Å². The van der Waals surface area contributed by atoms with Gasteiger partial charge < -0.3 is 10.2 Å². The van der Waals surface area contributed by atoms with E-state index < -0.39 is 0 Å². The third kappa shape index (κ3) is 5.52. The van der Waals surface area contributed by atoms with Gasteiger partial charge in [0.1, 0.15) is 17.5 Å². The molecule has 0 radical (unpaired) electrons. The Morgan fingerprint density at radius 2 is 1.81 bits per heavy atom. The summed E-state index contributed by atoms with van der Waals surface area (Å²) in [7, 11) is 0. The van der Waals surface area contributed by atoms with E-state index in [0.29, 0.717) is 0 Å². The lowest BCUT2D eigenvalue weighted by molar-refractivity contribution is 0.484. The number of nitrogens with one attached hydrogen (secondary N) is 1. The topological polar surface area (TPSA) is 41.1 Å². The first kappa shape index (κ1) is 17.7. The van der Waals surface area contributed by atoms with Crippen LogP contribution in [0.3, 0.4) is 0 Å². The number of anilines is 2. The molecule has 1 N–H and O–H groups in total. The number of rotatable bonds is 10. The number of aromatic nitrogens is 2. The standard InChI is InChI=1S/C17H32N4/c1-6-11-15-19-16(18-9-4)12-17(20-15)21(10-5)13-14(7-2)8-3/h12,14H,6-11,13H2,1-5H3,(H,18,19,20). The summed E-state index contributed by atoms with van der Waals surface area (Å²) < 4.78 is 0. The fraction of sp³-hybridized carbons (Fsp3) is 0.765. The van der Waals surface area contributed by atoms with Gasteiger partial charge in [0.15, 0.2) is 0 Å². The van der Waals surface area contributed by atoms with Gasteiger partial charge in [-0.25, -0.2) is 9.97 Å². The molecule has 4 heteroatoms. The van der Waals surface area contributed by atoms with Crippen molar-refractivity contribution in [2.75, 3.05) is 29.9 Å². The maximum absolute atomic E-state index is 4.77. The lowest BCUT2D eigenvalue weighted by Gasteiger charge is -2.27. The summed E-state index contributed by atoms with van der Waals surface area (Å²) >= 11 is 0. The first-order chi connectivity index (χ1) is 10.2. The molecule has 1 aromatic rings. The van der Waals surface area contributed by atoms with E-state index >= 15 is 0 Å². The quantitative estimate of drug-likeness (QED) is 0.704. The van der Waals surface area contributed by atoms with E-state index in [0.717, 1.165) is 55.9 Å². The van der Waals surface area contributed by atoms with Crippen LogP contribution in [-0.4, -0.2) is 29.6 Å². The van der Waals surface area contributed by atoms with E-state index in [1.807, 2.05) is 0 Å². The predicted molar refractivity (Wildman–Crippen MR) is 92.1 cm³/mol. The molecule has 0 aliphatic rings. The zero-order valence-electron chi connectivity index (χ0n) is 14.4. The van der Waals surface area contributed by atoms with Crippen LogP contribution in [0.5, 0.6) is 0 Å². The van der Waals surface area contributed by atoms with Crippen LogP contribution in [0.25, 0.3) is 0 Å². The zero-order chi connectivity index (χ0) is 15.7. The van der Waals surface area contributed by atoms with Gasteiger partial charge in [0, 0.05) is 32.1 Å². The Kier molecular flexibility index (Phi) is 8.09. The molecule has 0 aliphatic heterocycles. The van der Waals surface area contributed by atoms with E-state index in [1.54, 1.807) is 0 Å². The Morgan fingerprint density at radius 1 is 1.10 bits per heavy atom. The SMILES string of the molecule is CCCc1nc(NCC)cc(N(CC)CC(CC)CC)n1. The molecule has 1 heterocycles. The van der Waals surface area contributed by atoms with Crippen LogP contribution in [0.4, 0.5) is 11.6 Å². The Bertz CT molecular complexity index is 378. The molecule has 4 nitrogen and oxygen atoms in total. The van der Waals surface area contributed by atoms with Gasteiger partial charge in [0.05, 0.1) is 0 Å². The Labute approximate surface area is 130 Å². The average molecular weight is 292 g/mol. The number of nitrogens with zero attached hydrogens (tertiary/aromatic N) is 3. The van der Waals surface area contributed by atoms with Gasteiger partial charge in [-0.05, 0) is 26.2 Å². The Balaban J connectivity index is 2.99. The highest BCUT2D eigenvalue weighted by Gasteiger charge is 2.14. The van der Waals surface area contributed by atoms with Crippen molar-refractivity contribution in [1.29, 1.82) is 0 Å². The summed E-state index contributed by atoms with van der Waals surface area (Å²) in [5.41, 5.74) is 0. The number of hydrogen-bond acceptors (Lipinski definition) is 4. The minimum Gasteiger partial charge on any atom is -0.370 e. The second-order valence-electron chi connectivity index (χ2n) is 5.53. The van der Waals surface area contributed by atoms with E-state index in [9.17, 15) is 0 Å². The zero-order valence-corrected chi connectivity index (χ0v) is 14.4. The van der Waals surface area contributed by atoms with Crippen LogP contribution in [0.1, 0.15) is 59.7 Å². The molecular formula is C17H32N4. The predicted octanol–water partition coefficient (Wildman–Crippen LogP) is 4.12. The van der Waals surface area contributed by atoms with Crippen molar-refractivity contribution in [1.82, 2.24) is 9.97 Å². The monoisotopic (exact) mass is 292 g/mol. The van der Waals surface area contributed by atoms with Crippen molar-refractivity contribution in [3.8, 4) is 0 Å². The maximum Gasteiger partial charge on any atom is 0.134 e. The first-order valence-electron chi connectivity index (χ1n) is 8.55. The fourth-order valence-electron chi connectivity index (χ4n) is 2.50. The minimum absolute atomic E-state index is 0.733. The van der Waals surface area contributed by atoms with Crippen LogP contribution in [0, 0.1) is 5.92 Å². The molecule has 21 heavy (non-hydrogen) atoms. The molecule has 120 valence electrons. The van der Waals surface area contributed by atoms with Gasteiger partial charge in [0.25, 0.3) is 0 Å². The molecule has 0 saturated heterocycles. The van der Waals surface area contributed by atoms with Crippen molar-refractivity contribution in [2.24, 2.45) is 5.92 Å². The first-order valence-corrected chi connectivity index (χ1v) is 8.55. The Hall–Kier alpha value is -1.32. The van der Waals surface area contributed by atoms with Crippen LogP contribution >= 0.6 is 0 Å². The van der Waals surface area contributed by atoms with Gasteiger partial charge in [-0.15, -0.1) is 0 Å². The second-order valence-corrected chi connectivity index (χ2v) is 5.53. The third-order valence-corrected chi connectivity index (χ3v) is 3.93. The van der Waals surface area contributed by atoms with Gasteiger partial charge >= 0.3 is 0 Å². The van der Waals surface area contributed by atoms with Crippen LogP contribution in [0.2, 0.25) is 0 Å². The van der Waals surface area contributed by atoms with Crippen LogP contribution in [0.15, 0.2) is 6.07 Å². The lowest BCUT2D eigenvalue weighted by Crippen LogP contribution is -2.30. The highest BCUT2D eigenvalue weighted by Crippen LogP contribution is 2.20. The largest absolute Gasteiger partial charge is 0.370 e. The molecular weight excluding hydrogens is 260 g/mol. The highest BCUT2D eigenvalue weighted by atomic mass is 15.2. The molecule has 0 spiro atoms. The smallest absolute Gasteiger partial charge is 0.134 e. The third-order valence-electron chi connectivity index (χ3n) is 3.93. The van der Waals surface area contributed by atoms with E-state index in [1.165, 1.54) is 12.8 Å². The van der Waals surface area contributed by atoms with Crippen molar-refractivity contribution in [3.05, 3.63) is 11.9 Å². The van der Waals surface area contributed by atoms with Crippen molar-refractivity contribution < 1.29 is 0 Å². The molecule has 0 unspecified atom stereocenters.